The van der Waals surface area contributed by atoms with E-state index < -0.39 is 23.3 Å². The van der Waals surface area contributed by atoms with Crippen LogP contribution in [-0.4, -0.2) is 35.8 Å². The molecule has 0 saturated carbocycles. The molecule has 0 spiro atoms. The van der Waals surface area contributed by atoms with Crippen LogP contribution in [0.15, 0.2) is 15.9 Å². The zero-order chi connectivity index (χ0) is 14.3. The zero-order valence-electron chi connectivity index (χ0n) is 10.4. The summed E-state index contributed by atoms with van der Waals surface area (Å²) < 4.78 is 3.44. The number of nitrogens with zero attached hydrogens (tertiary/aromatic N) is 4. The zero-order valence-corrected chi connectivity index (χ0v) is 10.4. The van der Waals surface area contributed by atoms with Crippen molar-refractivity contribution in [3.05, 3.63) is 27.2 Å². The van der Waals surface area contributed by atoms with Gasteiger partial charge in [-0.25, -0.2) is 9.78 Å². The summed E-state index contributed by atoms with van der Waals surface area (Å²) in [5.41, 5.74) is 4.22. The number of rotatable bonds is 3. The number of aliphatic hydroxyl groups is 1. The summed E-state index contributed by atoms with van der Waals surface area (Å²) in [7, 11) is 2.82. The van der Waals surface area contributed by atoms with Crippen molar-refractivity contribution in [2.24, 2.45) is 19.8 Å². The maximum absolute atomic E-state index is 12.0. The second-order valence-electron chi connectivity index (χ2n) is 4.19. The van der Waals surface area contributed by atoms with Gasteiger partial charge in [-0.1, -0.05) is 0 Å². The number of hydrogen-bond donors (Lipinski definition) is 2. The van der Waals surface area contributed by atoms with Crippen LogP contribution in [0, 0.1) is 0 Å². The third-order valence-electron chi connectivity index (χ3n) is 2.92. The van der Waals surface area contributed by atoms with Gasteiger partial charge in [-0.2, -0.15) is 0 Å². The predicted octanol–water partition coefficient (Wildman–Crippen LogP) is -2.72. The van der Waals surface area contributed by atoms with E-state index in [0.29, 0.717) is 0 Å². The van der Waals surface area contributed by atoms with E-state index in [-0.39, 0.29) is 17.7 Å². The molecule has 0 aliphatic rings. The second kappa shape index (κ2) is 4.35. The Morgan fingerprint density at radius 1 is 1.42 bits per heavy atom. The van der Waals surface area contributed by atoms with Gasteiger partial charge in [0.1, 0.15) is 6.10 Å². The van der Waals surface area contributed by atoms with Crippen molar-refractivity contribution >= 4 is 17.1 Å². The lowest BCUT2D eigenvalue weighted by Gasteiger charge is -2.09. The summed E-state index contributed by atoms with van der Waals surface area (Å²) in [5, 5.41) is 9.44. The molecule has 0 fully saturated rings. The summed E-state index contributed by atoms with van der Waals surface area (Å²) in [6.07, 6.45) is -0.156. The van der Waals surface area contributed by atoms with Crippen molar-refractivity contribution in [2.45, 2.75) is 12.6 Å². The molecule has 2 aromatic rings. The SMILES string of the molecule is Cn1c(=O)c2c(ncn2CC(O)C(N)=O)n(C)c1=O. The van der Waals surface area contributed by atoms with E-state index in [1.165, 1.54) is 29.6 Å². The molecule has 1 atom stereocenters. The van der Waals surface area contributed by atoms with Crippen LogP contribution >= 0.6 is 0 Å². The lowest BCUT2D eigenvalue weighted by Crippen LogP contribution is -2.38. The highest BCUT2D eigenvalue weighted by molar-refractivity contribution is 5.78. The van der Waals surface area contributed by atoms with Crippen LogP contribution in [0.4, 0.5) is 0 Å². The van der Waals surface area contributed by atoms with Crippen LogP contribution in [-0.2, 0) is 25.4 Å². The topological polar surface area (TPSA) is 125 Å². The molecule has 9 heteroatoms. The Labute approximate surface area is 106 Å². The number of carbonyl (C=O) groups is 1. The number of primary amides is 1. The van der Waals surface area contributed by atoms with Crippen molar-refractivity contribution in [3.63, 3.8) is 0 Å². The number of imidazole rings is 1. The van der Waals surface area contributed by atoms with E-state index in [9.17, 15) is 19.5 Å². The number of amides is 1. The van der Waals surface area contributed by atoms with E-state index in [2.05, 4.69) is 4.98 Å². The number of carbonyl (C=O) groups excluding carboxylic acids is 1. The van der Waals surface area contributed by atoms with E-state index in [1.807, 2.05) is 0 Å². The van der Waals surface area contributed by atoms with Gasteiger partial charge in [0.25, 0.3) is 5.56 Å². The molecule has 1 unspecified atom stereocenters. The Morgan fingerprint density at radius 2 is 2.05 bits per heavy atom. The van der Waals surface area contributed by atoms with Gasteiger partial charge in [-0.05, 0) is 0 Å². The van der Waals surface area contributed by atoms with Gasteiger partial charge in [0.2, 0.25) is 5.91 Å². The monoisotopic (exact) mass is 267 g/mol. The minimum Gasteiger partial charge on any atom is -0.381 e. The molecule has 0 bridgehead atoms. The molecule has 19 heavy (non-hydrogen) atoms. The molecule has 0 aliphatic carbocycles. The van der Waals surface area contributed by atoms with E-state index >= 15 is 0 Å². The third kappa shape index (κ3) is 1.93. The van der Waals surface area contributed by atoms with Crippen LogP contribution in [0.25, 0.3) is 11.2 Å². The molecular weight excluding hydrogens is 254 g/mol. The van der Waals surface area contributed by atoms with Crippen molar-refractivity contribution < 1.29 is 9.90 Å². The fourth-order valence-corrected chi connectivity index (χ4v) is 1.81. The molecule has 2 heterocycles. The summed E-state index contributed by atoms with van der Waals surface area (Å²) >= 11 is 0. The van der Waals surface area contributed by atoms with Gasteiger partial charge < -0.3 is 15.4 Å². The molecule has 9 nitrogen and oxygen atoms in total. The Balaban J connectivity index is 2.70. The largest absolute Gasteiger partial charge is 0.381 e. The number of nitrogens with two attached hydrogens (primary N) is 1. The average molecular weight is 267 g/mol. The highest BCUT2D eigenvalue weighted by Crippen LogP contribution is 2.06. The van der Waals surface area contributed by atoms with Crippen LogP contribution < -0.4 is 17.0 Å². The van der Waals surface area contributed by atoms with Crippen molar-refractivity contribution in [1.29, 1.82) is 0 Å². The first kappa shape index (κ1) is 13.0. The number of hydrogen-bond acceptors (Lipinski definition) is 5. The quantitative estimate of drug-likeness (QED) is 0.625. The highest BCUT2D eigenvalue weighted by atomic mass is 16.3. The molecule has 0 aromatic carbocycles. The lowest BCUT2D eigenvalue weighted by atomic mass is 10.3. The van der Waals surface area contributed by atoms with Gasteiger partial charge in [-0.3, -0.25) is 18.7 Å². The molecule has 1 amide bonds. The van der Waals surface area contributed by atoms with Gasteiger partial charge in [0.15, 0.2) is 11.2 Å². The van der Waals surface area contributed by atoms with Crippen molar-refractivity contribution in [1.82, 2.24) is 18.7 Å². The molecule has 2 aromatic heterocycles. The normalized spacial score (nSPS) is 12.8. The maximum Gasteiger partial charge on any atom is 0.332 e. The summed E-state index contributed by atoms with van der Waals surface area (Å²) in [5.74, 6) is -0.900. The lowest BCUT2D eigenvalue weighted by molar-refractivity contribution is -0.126. The molecular formula is C10H13N5O4. The number of aromatic nitrogens is 4. The van der Waals surface area contributed by atoms with Gasteiger partial charge in [0, 0.05) is 14.1 Å². The fourth-order valence-electron chi connectivity index (χ4n) is 1.81. The summed E-state index contributed by atoms with van der Waals surface area (Å²) in [6.45, 7) is -0.195. The second-order valence-corrected chi connectivity index (χ2v) is 4.19. The molecule has 0 aliphatic heterocycles. The van der Waals surface area contributed by atoms with Gasteiger partial charge in [-0.15, -0.1) is 0 Å². The van der Waals surface area contributed by atoms with Crippen LogP contribution in [0.5, 0.6) is 0 Å². The van der Waals surface area contributed by atoms with Gasteiger partial charge in [0.05, 0.1) is 12.9 Å². The maximum atomic E-state index is 12.0. The first-order chi connectivity index (χ1) is 8.84. The smallest absolute Gasteiger partial charge is 0.332 e. The number of aliphatic hydroxyl groups excluding tert-OH is 1. The average Bonchev–Trinajstić information content (AvgIpc) is 2.77. The van der Waals surface area contributed by atoms with E-state index in [0.717, 1.165) is 4.57 Å². The predicted molar refractivity (Wildman–Crippen MR) is 65.4 cm³/mol. The molecule has 0 radical (unpaired) electrons. The molecule has 3 N–H and O–H groups in total. The standard InChI is InChI=1S/C10H13N5O4/c1-13-8-6(9(18)14(2)10(13)19)15(4-12-8)3-5(16)7(11)17/h4-5,16H,3H2,1-2H3,(H2,11,17). The first-order valence-electron chi connectivity index (χ1n) is 5.42. The minimum atomic E-state index is -1.43. The summed E-state index contributed by atoms with van der Waals surface area (Å²) in [6, 6.07) is 0. The Bertz CT molecular complexity index is 769. The molecule has 102 valence electrons. The van der Waals surface area contributed by atoms with Crippen LogP contribution in [0.2, 0.25) is 0 Å². The van der Waals surface area contributed by atoms with Gasteiger partial charge >= 0.3 is 5.69 Å². The number of aryl methyl sites for hydroxylation is 1. The Morgan fingerprint density at radius 3 is 2.63 bits per heavy atom. The first-order valence-corrected chi connectivity index (χ1v) is 5.42. The minimum absolute atomic E-state index is 0.130. The highest BCUT2D eigenvalue weighted by Gasteiger charge is 2.18. The van der Waals surface area contributed by atoms with Crippen molar-refractivity contribution in [3.8, 4) is 0 Å². The number of fused-ring (bicyclic) bond motifs is 1. The van der Waals surface area contributed by atoms with Crippen LogP contribution in [0.1, 0.15) is 0 Å². The Hall–Kier alpha value is -2.42. The fraction of sp³-hybridized carbons (Fsp3) is 0.400. The Kier molecular flexibility index (Phi) is 2.98. The third-order valence-corrected chi connectivity index (χ3v) is 2.92. The van der Waals surface area contributed by atoms with Crippen molar-refractivity contribution in [2.75, 3.05) is 0 Å². The molecule has 2 rings (SSSR count). The summed E-state index contributed by atoms with van der Waals surface area (Å²) in [4.78, 5) is 38.5. The van der Waals surface area contributed by atoms with E-state index in [1.54, 1.807) is 0 Å². The van der Waals surface area contributed by atoms with E-state index in [4.69, 9.17) is 5.73 Å². The molecule has 0 saturated heterocycles. The van der Waals surface area contributed by atoms with Crippen LogP contribution in [0.3, 0.4) is 0 Å².